The predicted molar refractivity (Wildman–Crippen MR) is 107 cm³/mol. The zero-order valence-electron chi connectivity index (χ0n) is 16.2. The molecule has 4 rings (SSSR count). The SMILES string of the molecule is O=C(NCC1CCN(c2ccc(S(=O)(=O)N3CCOCC3)cc2)CC1)C1CC1. The Morgan fingerprint density at radius 1 is 1.00 bits per heavy atom. The Morgan fingerprint density at radius 2 is 1.64 bits per heavy atom. The maximum absolute atomic E-state index is 12.7. The Morgan fingerprint density at radius 3 is 2.25 bits per heavy atom. The number of sulfonamides is 1. The second-order valence-electron chi connectivity index (χ2n) is 7.96. The summed E-state index contributed by atoms with van der Waals surface area (Å²) >= 11 is 0. The van der Waals surface area contributed by atoms with E-state index in [1.54, 1.807) is 12.1 Å². The quantitative estimate of drug-likeness (QED) is 0.772. The second kappa shape index (κ2) is 8.39. The normalized spacial score (nSPS) is 22.2. The van der Waals surface area contributed by atoms with Crippen LogP contribution in [0.15, 0.2) is 29.2 Å². The number of hydrogen-bond acceptors (Lipinski definition) is 5. The molecule has 0 bridgehead atoms. The van der Waals surface area contributed by atoms with Crippen LogP contribution in [0.1, 0.15) is 25.7 Å². The van der Waals surface area contributed by atoms with Crippen LogP contribution in [-0.4, -0.2) is 64.6 Å². The van der Waals surface area contributed by atoms with Crippen LogP contribution in [0.3, 0.4) is 0 Å². The third kappa shape index (κ3) is 4.50. The van der Waals surface area contributed by atoms with E-state index in [1.807, 2.05) is 12.1 Å². The molecule has 2 aliphatic heterocycles. The van der Waals surface area contributed by atoms with Crippen molar-refractivity contribution in [2.24, 2.45) is 11.8 Å². The fourth-order valence-corrected chi connectivity index (χ4v) is 5.30. The van der Waals surface area contributed by atoms with Crippen LogP contribution in [0.5, 0.6) is 0 Å². The standard InChI is InChI=1S/C20H29N3O4S/c24-20(17-1-2-17)21-15-16-7-9-22(10-8-16)18-3-5-19(6-4-18)28(25,26)23-11-13-27-14-12-23/h3-6,16-17H,1-2,7-15H2,(H,21,24). The number of benzene rings is 1. The third-order valence-electron chi connectivity index (χ3n) is 5.94. The Labute approximate surface area is 167 Å². The van der Waals surface area contributed by atoms with Crippen LogP contribution in [0.25, 0.3) is 0 Å². The summed E-state index contributed by atoms with van der Waals surface area (Å²) in [7, 11) is -3.44. The van der Waals surface area contributed by atoms with E-state index in [-0.39, 0.29) is 11.8 Å². The summed E-state index contributed by atoms with van der Waals surface area (Å²) in [6.45, 7) is 4.36. The predicted octanol–water partition coefficient (Wildman–Crippen LogP) is 1.45. The van der Waals surface area contributed by atoms with Gasteiger partial charge in [0.2, 0.25) is 15.9 Å². The van der Waals surface area contributed by atoms with Crippen molar-refractivity contribution in [3.8, 4) is 0 Å². The van der Waals surface area contributed by atoms with Gasteiger partial charge in [-0.05, 0) is 55.9 Å². The molecular weight excluding hydrogens is 378 g/mol. The number of anilines is 1. The summed E-state index contributed by atoms with van der Waals surface area (Å²) in [4.78, 5) is 14.4. The van der Waals surface area contributed by atoms with Gasteiger partial charge in [-0.3, -0.25) is 4.79 Å². The minimum absolute atomic E-state index is 0.222. The largest absolute Gasteiger partial charge is 0.379 e. The van der Waals surface area contributed by atoms with Gasteiger partial charge in [-0.25, -0.2) is 8.42 Å². The lowest BCUT2D eigenvalue weighted by molar-refractivity contribution is -0.122. The van der Waals surface area contributed by atoms with Gasteiger partial charge in [0, 0.05) is 44.3 Å². The van der Waals surface area contributed by atoms with Crippen LogP contribution >= 0.6 is 0 Å². The van der Waals surface area contributed by atoms with Crippen molar-refractivity contribution in [3.05, 3.63) is 24.3 Å². The highest BCUT2D eigenvalue weighted by Crippen LogP contribution is 2.29. The van der Waals surface area contributed by atoms with E-state index in [0.29, 0.717) is 37.1 Å². The van der Waals surface area contributed by atoms with Crippen molar-refractivity contribution >= 4 is 21.6 Å². The van der Waals surface area contributed by atoms with Crippen molar-refractivity contribution in [1.82, 2.24) is 9.62 Å². The number of amides is 1. The molecule has 0 radical (unpaired) electrons. The highest BCUT2D eigenvalue weighted by atomic mass is 32.2. The number of nitrogens with one attached hydrogen (secondary N) is 1. The molecule has 0 atom stereocenters. The molecule has 154 valence electrons. The average molecular weight is 408 g/mol. The molecule has 28 heavy (non-hydrogen) atoms. The highest BCUT2D eigenvalue weighted by molar-refractivity contribution is 7.89. The Bertz CT molecular complexity index is 778. The van der Waals surface area contributed by atoms with Crippen LogP contribution in [0.2, 0.25) is 0 Å². The average Bonchev–Trinajstić information content (AvgIpc) is 3.59. The molecule has 7 nitrogen and oxygen atoms in total. The monoisotopic (exact) mass is 407 g/mol. The number of carbonyl (C=O) groups is 1. The maximum atomic E-state index is 12.7. The molecule has 1 saturated carbocycles. The van der Waals surface area contributed by atoms with Crippen LogP contribution in [0.4, 0.5) is 5.69 Å². The van der Waals surface area contributed by atoms with Crippen LogP contribution in [-0.2, 0) is 19.6 Å². The van der Waals surface area contributed by atoms with Gasteiger partial charge < -0.3 is 15.0 Å². The van der Waals surface area contributed by atoms with Crippen LogP contribution in [0, 0.1) is 11.8 Å². The molecule has 0 unspecified atom stereocenters. The molecule has 2 saturated heterocycles. The summed E-state index contributed by atoms with van der Waals surface area (Å²) in [6, 6.07) is 7.23. The number of rotatable bonds is 6. The Kier molecular flexibility index (Phi) is 5.89. The van der Waals surface area contributed by atoms with Gasteiger partial charge in [0.1, 0.15) is 0 Å². The zero-order valence-corrected chi connectivity index (χ0v) is 17.0. The molecule has 3 fully saturated rings. The maximum Gasteiger partial charge on any atom is 0.243 e. The topological polar surface area (TPSA) is 79.0 Å². The number of morpholine rings is 1. The van der Waals surface area contributed by atoms with Crippen molar-refractivity contribution in [1.29, 1.82) is 0 Å². The molecule has 1 aromatic carbocycles. The summed E-state index contributed by atoms with van der Waals surface area (Å²) in [5.41, 5.74) is 1.06. The fraction of sp³-hybridized carbons (Fsp3) is 0.650. The molecule has 0 aromatic heterocycles. The fourth-order valence-electron chi connectivity index (χ4n) is 3.90. The Balaban J connectivity index is 1.30. The zero-order chi connectivity index (χ0) is 19.6. The molecular formula is C20H29N3O4S. The van der Waals surface area contributed by atoms with Crippen LogP contribution < -0.4 is 10.2 Å². The minimum Gasteiger partial charge on any atom is -0.379 e. The first-order chi connectivity index (χ1) is 13.5. The minimum atomic E-state index is -3.44. The van der Waals surface area contributed by atoms with E-state index < -0.39 is 10.0 Å². The second-order valence-corrected chi connectivity index (χ2v) is 9.90. The van der Waals surface area contributed by atoms with Crippen molar-refractivity contribution in [2.45, 2.75) is 30.6 Å². The van der Waals surface area contributed by atoms with E-state index >= 15 is 0 Å². The molecule has 0 spiro atoms. The molecule has 1 aromatic rings. The first-order valence-electron chi connectivity index (χ1n) is 10.2. The van der Waals surface area contributed by atoms with E-state index in [4.69, 9.17) is 4.74 Å². The molecule has 2 heterocycles. The van der Waals surface area contributed by atoms with Gasteiger partial charge in [-0.15, -0.1) is 0 Å². The van der Waals surface area contributed by atoms with Crippen molar-refractivity contribution in [2.75, 3.05) is 50.8 Å². The molecule has 1 amide bonds. The summed E-state index contributed by atoms with van der Waals surface area (Å²) in [5, 5.41) is 3.09. The lowest BCUT2D eigenvalue weighted by Crippen LogP contribution is -2.40. The lowest BCUT2D eigenvalue weighted by Gasteiger charge is -2.34. The number of hydrogen-bond donors (Lipinski definition) is 1. The van der Waals surface area contributed by atoms with Gasteiger partial charge in [-0.2, -0.15) is 4.31 Å². The van der Waals surface area contributed by atoms with E-state index in [0.717, 1.165) is 51.0 Å². The first-order valence-corrected chi connectivity index (χ1v) is 11.7. The van der Waals surface area contributed by atoms with Gasteiger partial charge in [0.05, 0.1) is 18.1 Å². The first kappa shape index (κ1) is 19.7. The number of carbonyl (C=O) groups excluding carboxylic acids is 1. The van der Waals surface area contributed by atoms with E-state index in [1.165, 1.54) is 4.31 Å². The number of ether oxygens (including phenoxy) is 1. The Hall–Kier alpha value is -1.64. The molecule has 1 N–H and O–H groups in total. The molecule has 8 heteroatoms. The number of piperidine rings is 1. The summed E-state index contributed by atoms with van der Waals surface area (Å²) in [5.74, 6) is 1.02. The van der Waals surface area contributed by atoms with Gasteiger partial charge in [0.25, 0.3) is 0 Å². The van der Waals surface area contributed by atoms with Crippen molar-refractivity contribution < 1.29 is 17.9 Å². The van der Waals surface area contributed by atoms with Gasteiger partial charge in [0.15, 0.2) is 0 Å². The molecule has 1 aliphatic carbocycles. The van der Waals surface area contributed by atoms with Gasteiger partial charge in [-0.1, -0.05) is 0 Å². The summed E-state index contributed by atoms with van der Waals surface area (Å²) < 4.78 is 32.2. The summed E-state index contributed by atoms with van der Waals surface area (Å²) in [6.07, 6.45) is 4.17. The number of nitrogens with zero attached hydrogens (tertiary/aromatic N) is 2. The van der Waals surface area contributed by atoms with Crippen molar-refractivity contribution in [3.63, 3.8) is 0 Å². The molecule has 3 aliphatic rings. The van der Waals surface area contributed by atoms with E-state index in [2.05, 4.69) is 10.2 Å². The highest BCUT2D eigenvalue weighted by Gasteiger charge is 2.30. The smallest absolute Gasteiger partial charge is 0.243 e. The third-order valence-corrected chi connectivity index (χ3v) is 7.85. The van der Waals surface area contributed by atoms with E-state index in [9.17, 15) is 13.2 Å². The lowest BCUT2D eigenvalue weighted by atomic mass is 9.96. The van der Waals surface area contributed by atoms with Gasteiger partial charge >= 0.3 is 0 Å².